The van der Waals surface area contributed by atoms with E-state index in [0.717, 1.165) is 10.0 Å². The van der Waals surface area contributed by atoms with Crippen LogP contribution in [-0.4, -0.2) is 13.1 Å². The van der Waals surface area contributed by atoms with Crippen LogP contribution < -0.4 is 4.74 Å². The number of rotatable bonds is 2. The average Bonchev–Trinajstić information content (AvgIpc) is 2.50. The summed E-state index contributed by atoms with van der Waals surface area (Å²) in [5.74, 6) is 8.28. The Balaban J connectivity index is 2.36. The van der Waals surface area contributed by atoms with Crippen molar-refractivity contribution in [2.45, 2.75) is 0 Å². The van der Waals surface area contributed by atoms with Gasteiger partial charge in [-0.25, -0.2) is 4.79 Å². The van der Waals surface area contributed by atoms with Crippen LogP contribution in [0, 0.1) is 11.8 Å². The molecular formula is C17H11BrO2. The number of hydrogen-bond acceptors (Lipinski definition) is 2. The van der Waals surface area contributed by atoms with E-state index in [-0.39, 0.29) is 5.57 Å². The first-order chi connectivity index (χ1) is 9.74. The van der Waals surface area contributed by atoms with Crippen molar-refractivity contribution >= 4 is 27.4 Å². The predicted molar refractivity (Wildman–Crippen MR) is 83.1 cm³/mol. The van der Waals surface area contributed by atoms with E-state index < -0.39 is 0 Å². The van der Waals surface area contributed by atoms with Crippen molar-refractivity contribution in [3.05, 3.63) is 64.1 Å². The molecule has 0 heterocycles. The number of allylic oxidation sites excluding steroid dienone is 1. The average molecular weight is 327 g/mol. The van der Waals surface area contributed by atoms with Crippen LogP contribution in [0.5, 0.6) is 5.75 Å². The molecular weight excluding hydrogens is 316 g/mol. The van der Waals surface area contributed by atoms with Gasteiger partial charge in [0.05, 0.1) is 7.11 Å². The highest BCUT2D eigenvalue weighted by Gasteiger charge is 2.06. The maximum atomic E-state index is 11.1. The lowest BCUT2D eigenvalue weighted by atomic mass is 10.1. The van der Waals surface area contributed by atoms with Crippen LogP contribution in [0.2, 0.25) is 0 Å². The Bertz CT molecular complexity index is 715. The highest BCUT2D eigenvalue weighted by Crippen LogP contribution is 2.23. The molecule has 98 valence electrons. The molecule has 0 spiro atoms. The van der Waals surface area contributed by atoms with E-state index in [2.05, 4.69) is 27.8 Å². The predicted octanol–water partition coefficient (Wildman–Crippen LogP) is 3.72. The second kappa shape index (κ2) is 6.77. The summed E-state index contributed by atoms with van der Waals surface area (Å²) in [6.07, 6.45) is 0. The smallest absolute Gasteiger partial charge is 0.142 e. The summed E-state index contributed by atoms with van der Waals surface area (Å²) in [5, 5.41) is 0. The highest BCUT2D eigenvalue weighted by atomic mass is 79.9. The number of ether oxygens (including phenoxy) is 1. The minimum atomic E-state index is 0.283. The summed E-state index contributed by atoms with van der Waals surface area (Å²) in [6.45, 7) is 0. The molecule has 0 saturated carbocycles. The second-order valence-corrected chi connectivity index (χ2v) is 4.85. The Morgan fingerprint density at radius 3 is 2.45 bits per heavy atom. The van der Waals surface area contributed by atoms with Crippen LogP contribution in [-0.2, 0) is 4.79 Å². The molecule has 20 heavy (non-hydrogen) atoms. The number of halogens is 1. The minimum Gasteiger partial charge on any atom is -0.496 e. The summed E-state index contributed by atoms with van der Waals surface area (Å²) in [6, 6.07) is 14.8. The Morgan fingerprint density at radius 2 is 1.80 bits per heavy atom. The first-order valence-electron chi connectivity index (χ1n) is 5.90. The van der Waals surface area contributed by atoms with Crippen LogP contribution in [0.3, 0.4) is 0 Å². The molecule has 0 amide bonds. The van der Waals surface area contributed by atoms with Crippen LogP contribution in [0.15, 0.2) is 53.0 Å². The summed E-state index contributed by atoms with van der Waals surface area (Å²) in [7, 11) is 1.56. The maximum absolute atomic E-state index is 11.1. The molecule has 0 aliphatic carbocycles. The zero-order valence-corrected chi connectivity index (χ0v) is 12.4. The SMILES string of the molecule is COc1ccccc1C(=C=O)C#Cc1ccc(Br)cc1. The molecule has 0 fully saturated rings. The standard InChI is InChI=1S/C17H11BrO2/c1-20-17-5-3-2-4-16(17)14(12-19)9-6-13-7-10-15(18)11-8-13/h2-5,7-8,10-11H,1H3. The van der Waals surface area contributed by atoms with Crippen molar-refractivity contribution in [2.75, 3.05) is 7.11 Å². The summed E-state index contributed by atoms with van der Waals surface area (Å²) in [4.78, 5) is 11.1. The molecule has 2 nitrogen and oxygen atoms in total. The molecule has 0 radical (unpaired) electrons. The lowest BCUT2D eigenvalue weighted by Gasteiger charge is -2.04. The lowest BCUT2D eigenvalue weighted by molar-refractivity contribution is 0.413. The number of para-hydroxylation sites is 1. The van der Waals surface area contributed by atoms with Crippen LogP contribution >= 0.6 is 15.9 Å². The van der Waals surface area contributed by atoms with Crippen molar-refractivity contribution in [1.82, 2.24) is 0 Å². The summed E-state index contributed by atoms with van der Waals surface area (Å²) < 4.78 is 6.21. The molecule has 2 aromatic carbocycles. The Kier molecular flexibility index (Phi) is 4.79. The number of carbonyl (C=O) groups excluding carboxylic acids is 1. The molecule has 3 heteroatoms. The van der Waals surface area contributed by atoms with Gasteiger partial charge in [0.2, 0.25) is 0 Å². The van der Waals surface area contributed by atoms with Gasteiger partial charge in [-0.1, -0.05) is 34.0 Å². The normalized spacial score (nSPS) is 9.10. The zero-order chi connectivity index (χ0) is 14.4. The van der Waals surface area contributed by atoms with Gasteiger partial charge in [0, 0.05) is 15.6 Å². The van der Waals surface area contributed by atoms with Crippen LogP contribution in [0.25, 0.3) is 5.57 Å². The van der Waals surface area contributed by atoms with E-state index in [9.17, 15) is 4.79 Å². The van der Waals surface area contributed by atoms with Crippen LogP contribution in [0.1, 0.15) is 11.1 Å². The van der Waals surface area contributed by atoms with E-state index in [1.807, 2.05) is 42.3 Å². The first kappa shape index (κ1) is 14.1. The van der Waals surface area contributed by atoms with E-state index in [0.29, 0.717) is 11.3 Å². The third-order valence-electron chi connectivity index (χ3n) is 2.65. The molecule has 0 unspecified atom stereocenters. The van der Waals surface area contributed by atoms with Crippen molar-refractivity contribution in [2.24, 2.45) is 0 Å². The third-order valence-corrected chi connectivity index (χ3v) is 3.18. The topological polar surface area (TPSA) is 26.3 Å². The lowest BCUT2D eigenvalue weighted by Crippen LogP contribution is -1.90. The van der Waals surface area contributed by atoms with Gasteiger partial charge in [-0.05, 0) is 42.3 Å². The third kappa shape index (κ3) is 3.39. The monoisotopic (exact) mass is 326 g/mol. The van der Waals surface area contributed by atoms with E-state index in [1.165, 1.54) is 0 Å². The van der Waals surface area contributed by atoms with E-state index in [1.54, 1.807) is 19.2 Å². The quantitative estimate of drug-likeness (QED) is 0.621. The van der Waals surface area contributed by atoms with Gasteiger partial charge in [0.25, 0.3) is 0 Å². The fourth-order valence-corrected chi connectivity index (χ4v) is 1.93. The Morgan fingerprint density at radius 1 is 1.10 bits per heavy atom. The van der Waals surface area contributed by atoms with Gasteiger partial charge in [-0.3, -0.25) is 0 Å². The van der Waals surface area contributed by atoms with E-state index in [4.69, 9.17) is 4.74 Å². The zero-order valence-electron chi connectivity index (χ0n) is 10.8. The molecule has 0 bridgehead atoms. The Hall–Kier alpha value is -2.27. The number of benzene rings is 2. The van der Waals surface area contributed by atoms with Gasteiger partial charge >= 0.3 is 0 Å². The van der Waals surface area contributed by atoms with Crippen molar-refractivity contribution in [3.63, 3.8) is 0 Å². The molecule has 2 aromatic rings. The van der Waals surface area contributed by atoms with Gasteiger partial charge in [-0.15, -0.1) is 0 Å². The van der Waals surface area contributed by atoms with Crippen molar-refractivity contribution < 1.29 is 9.53 Å². The molecule has 0 aromatic heterocycles. The molecule has 0 N–H and O–H groups in total. The van der Waals surface area contributed by atoms with Crippen LogP contribution in [0.4, 0.5) is 0 Å². The van der Waals surface area contributed by atoms with E-state index >= 15 is 0 Å². The molecule has 0 aliphatic rings. The molecule has 0 saturated heterocycles. The summed E-state index contributed by atoms with van der Waals surface area (Å²) >= 11 is 3.36. The minimum absolute atomic E-state index is 0.283. The summed E-state index contributed by atoms with van der Waals surface area (Å²) in [5.41, 5.74) is 1.76. The fraction of sp³-hybridized carbons (Fsp3) is 0.0588. The molecule has 0 atom stereocenters. The Labute approximate surface area is 126 Å². The van der Waals surface area contributed by atoms with Crippen molar-refractivity contribution in [3.8, 4) is 17.6 Å². The number of hydrogen-bond donors (Lipinski definition) is 0. The second-order valence-electron chi connectivity index (χ2n) is 3.93. The molecule has 2 rings (SSSR count). The van der Waals surface area contributed by atoms with Gasteiger partial charge in [0.1, 0.15) is 17.3 Å². The first-order valence-corrected chi connectivity index (χ1v) is 6.70. The number of methoxy groups -OCH3 is 1. The maximum Gasteiger partial charge on any atom is 0.142 e. The fourth-order valence-electron chi connectivity index (χ4n) is 1.67. The van der Waals surface area contributed by atoms with Gasteiger partial charge < -0.3 is 4.74 Å². The van der Waals surface area contributed by atoms with Crippen molar-refractivity contribution in [1.29, 1.82) is 0 Å². The largest absolute Gasteiger partial charge is 0.496 e. The van der Waals surface area contributed by atoms with Gasteiger partial charge in [0.15, 0.2) is 0 Å². The molecule has 0 aliphatic heterocycles. The highest BCUT2D eigenvalue weighted by molar-refractivity contribution is 9.10. The van der Waals surface area contributed by atoms with Gasteiger partial charge in [-0.2, -0.15) is 0 Å².